The lowest BCUT2D eigenvalue weighted by Gasteiger charge is -2.21. The number of nitrogens with zero attached hydrogens (tertiary/aromatic N) is 2. The summed E-state index contributed by atoms with van der Waals surface area (Å²) in [5.74, 6) is 0.0760. The van der Waals surface area contributed by atoms with E-state index in [9.17, 15) is 9.18 Å². The Kier molecular flexibility index (Phi) is 5.89. The number of pyridine rings is 1. The number of hydrogen-bond donors (Lipinski definition) is 0. The van der Waals surface area contributed by atoms with Crippen molar-refractivity contribution >= 4 is 5.91 Å². The van der Waals surface area contributed by atoms with Crippen LogP contribution in [0, 0.1) is 5.82 Å². The fourth-order valence-electron chi connectivity index (χ4n) is 2.04. The molecule has 1 aromatic carbocycles. The number of amides is 1. The minimum absolute atomic E-state index is 0.0458. The molecule has 0 fully saturated rings. The van der Waals surface area contributed by atoms with Crippen molar-refractivity contribution in [1.29, 1.82) is 0 Å². The second kappa shape index (κ2) is 8.12. The minimum Gasteiger partial charge on any atom is -0.484 e. The molecule has 116 valence electrons. The lowest BCUT2D eigenvalue weighted by molar-refractivity contribution is -0.133. The molecule has 0 saturated heterocycles. The van der Waals surface area contributed by atoms with Gasteiger partial charge in [-0.3, -0.25) is 9.78 Å². The van der Waals surface area contributed by atoms with Crippen LogP contribution in [0.15, 0.2) is 48.8 Å². The molecule has 1 heterocycles. The highest BCUT2D eigenvalue weighted by Gasteiger charge is 2.12. The van der Waals surface area contributed by atoms with Crippen LogP contribution in [0.5, 0.6) is 5.75 Å². The van der Waals surface area contributed by atoms with E-state index in [1.165, 1.54) is 24.3 Å². The van der Waals surface area contributed by atoms with Gasteiger partial charge in [-0.1, -0.05) is 0 Å². The van der Waals surface area contributed by atoms with E-state index in [2.05, 4.69) is 4.98 Å². The van der Waals surface area contributed by atoms with Gasteiger partial charge in [-0.15, -0.1) is 0 Å². The smallest absolute Gasteiger partial charge is 0.260 e. The predicted molar refractivity (Wildman–Crippen MR) is 82.1 cm³/mol. The summed E-state index contributed by atoms with van der Waals surface area (Å²) in [6.45, 7) is 3.14. The lowest BCUT2D eigenvalue weighted by atomic mass is 10.2. The van der Waals surface area contributed by atoms with Gasteiger partial charge in [0.2, 0.25) is 0 Å². The van der Waals surface area contributed by atoms with E-state index in [4.69, 9.17) is 4.74 Å². The van der Waals surface area contributed by atoms with Gasteiger partial charge < -0.3 is 9.64 Å². The second-order valence-corrected chi connectivity index (χ2v) is 4.82. The van der Waals surface area contributed by atoms with E-state index >= 15 is 0 Å². The highest BCUT2D eigenvalue weighted by molar-refractivity contribution is 5.77. The number of benzene rings is 1. The molecular weight excluding hydrogens is 283 g/mol. The molecule has 0 N–H and O–H groups in total. The molecule has 1 aromatic heterocycles. The number of carbonyl (C=O) groups is 1. The van der Waals surface area contributed by atoms with E-state index in [-0.39, 0.29) is 18.3 Å². The van der Waals surface area contributed by atoms with Crippen molar-refractivity contribution in [2.75, 3.05) is 19.7 Å². The van der Waals surface area contributed by atoms with Crippen LogP contribution < -0.4 is 4.74 Å². The van der Waals surface area contributed by atoms with Crippen LogP contribution in [0.4, 0.5) is 4.39 Å². The standard InChI is InChI=1S/C17H19FN2O2/c1-2-20(12-9-14-7-10-19-11-8-14)17(21)13-22-16-5-3-15(18)4-6-16/h3-8,10-11H,2,9,12-13H2,1H3. The molecule has 0 radical (unpaired) electrons. The first-order valence-corrected chi connectivity index (χ1v) is 7.24. The summed E-state index contributed by atoms with van der Waals surface area (Å²) in [5, 5.41) is 0. The zero-order valence-corrected chi connectivity index (χ0v) is 12.5. The average Bonchev–Trinajstić information content (AvgIpc) is 2.56. The van der Waals surface area contributed by atoms with E-state index < -0.39 is 0 Å². The van der Waals surface area contributed by atoms with Crippen LogP contribution in [-0.2, 0) is 11.2 Å². The van der Waals surface area contributed by atoms with E-state index in [0.717, 1.165) is 12.0 Å². The van der Waals surface area contributed by atoms with Gasteiger partial charge in [0.15, 0.2) is 6.61 Å². The quantitative estimate of drug-likeness (QED) is 0.790. The van der Waals surface area contributed by atoms with Crippen molar-refractivity contribution in [2.45, 2.75) is 13.3 Å². The molecule has 1 amide bonds. The molecule has 2 rings (SSSR count). The van der Waals surface area contributed by atoms with Crippen LogP contribution in [0.1, 0.15) is 12.5 Å². The maximum atomic E-state index is 12.8. The molecule has 0 atom stereocenters. The van der Waals surface area contributed by atoms with E-state index in [0.29, 0.717) is 18.8 Å². The predicted octanol–water partition coefficient (Wildman–Crippen LogP) is 2.69. The van der Waals surface area contributed by atoms with Crippen LogP contribution in [-0.4, -0.2) is 35.5 Å². The van der Waals surface area contributed by atoms with Crippen LogP contribution >= 0.6 is 0 Å². The van der Waals surface area contributed by atoms with Crippen molar-refractivity contribution < 1.29 is 13.9 Å². The Balaban J connectivity index is 1.82. The van der Waals surface area contributed by atoms with Gasteiger partial charge in [-0.2, -0.15) is 0 Å². The van der Waals surface area contributed by atoms with Gasteiger partial charge in [-0.05, 0) is 55.3 Å². The molecule has 0 aliphatic rings. The van der Waals surface area contributed by atoms with Gasteiger partial charge in [0.1, 0.15) is 11.6 Å². The second-order valence-electron chi connectivity index (χ2n) is 4.82. The number of halogens is 1. The number of carbonyl (C=O) groups excluding carboxylic acids is 1. The van der Waals surface area contributed by atoms with Gasteiger partial charge in [0.25, 0.3) is 5.91 Å². The van der Waals surface area contributed by atoms with Crippen molar-refractivity contribution in [3.8, 4) is 5.75 Å². The third-order valence-electron chi connectivity index (χ3n) is 3.33. The Morgan fingerprint density at radius 1 is 1.18 bits per heavy atom. The number of ether oxygens (including phenoxy) is 1. The molecular formula is C17H19FN2O2. The summed E-state index contributed by atoms with van der Waals surface area (Å²) in [5.41, 5.74) is 1.14. The first-order chi connectivity index (χ1) is 10.7. The number of likely N-dealkylation sites (N-methyl/N-ethyl adjacent to an activating group) is 1. The zero-order chi connectivity index (χ0) is 15.8. The average molecular weight is 302 g/mol. The number of rotatable bonds is 7. The van der Waals surface area contributed by atoms with Crippen molar-refractivity contribution in [1.82, 2.24) is 9.88 Å². The Morgan fingerprint density at radius 2 is 1.86 bits per heavy atom. The Hall–Kier alpha value is -2.43. The van der Waals surface area contributed by atoms with Crippen molar-refractivity contribution in [3.63, 3.8) is 0 Å². The molecule has 0 bridgehead atoms. The summed E-state index contributed by atoms with van der Waals surface area (Å²) in [7, 11) is 0. The highest BCUT2D eigenvalue weighted by atomic mass is 19.1. The maximum Gasteiger partial charge on any atom is 0.260 e. The summed E-state index contributed by atoms with van der Waals surface area (Å²) < 4.78 is 18.2. The summed E-state index contributed by atoms with van der Waals surface area (Å²) >= 11 is 0. The van der Waals surface area contributed by atoms with Crippen LogP contribution in [0.3, 0.4) is 0 Å². The molecule has 4 nitrogen and oxygen atoms in total. The fourth-order valence-corrected chi connectivity index (χ4v) is 2.04. The molecule has 0 spiro atoms. The zero-order valence-electron chi connectivity index (χ0n) is 12.5. The molecule has 0 aliphatic heterocycles. The maximum absolute atomic E-state index is 12.8. The Bertz CT molecular complexity index is 587. The van der Waals surface area contributed by atoms with Crippen LogP contribution in [0.25, 0.3) is 0 Å². The Labute approximate surface area is 129 Å². The Morgan fingerprint density at radius 3 is 2.50 bits per heavy atom. The number of hydrogen-bond acceptors (Lipinski definition) is 3. The van der Waals surface area contributed by atoms with Gasteiger partial charge >= 0.3 is 0 Å². The summed E-state index contributed by atoms with van der Waals surface area (Å²) in [6, 6.07) is 9.51. The van der Waals surface area contributed by atoms with E-state index in [1.807, 2.05) is 19.1 Å². The third kappa shape index (κ3) is 4.84. The van der Waals surface area contributed by atoms with Crippen molar-refractivity contribution in [3.05, 3.63) is 60.2 Å². The normalized spacial score (nSPS) is 10.3. The largest absolute Gasteiger partial charge is 0.484 e. The van der Waals surface area contributed by atoms with E-state index in [1.54, 1.807) is 17.3 Å². The SMILES string of the molecule is CCN(CCc1ccncc1)C(=O)COc1ccc(F)cc1. The molecule has 2 aromatic rings. The van der Waals surface area contributed by atoms with Crippen molar-refractivity contribution in [2.24, 2.45) is 0 Å². The molecule has 22 heavy (non-hydrogen) atoms. The molecule has 0 aliphatic carbocycles. The first-order valence-electron chi connectivity index (χ1n) is 7.24. The summed E-state index contributed by atoms with van der Waals surface area (Å²) in [4.78, 5) is 17.9. The molecule has 5 heteroatoms. The number of aromatic nitrogens is 1. The van der Waals surface area contributed by atoms with Gasteiger partial charge in [-0.25, -0.2) is 4.39 Å². The lowest BCUT2D eigenvalue weighted by Crippen LogP contribution is -2.36. The molecule has 0 unspecified atom stereocenters. The summed E-state index contributed by atoms with van der Waals surface area (Å²) in [6.07, 6.45) is 4.26. The monoisotopic (exact) mass is 302 g/mol. The first kappa shape index (κ1) is 15.9. The fraction of sp³-hybridized carbons (Fsp3) is 0.294. The third-order valence-corrected chi connectivity index (χ3v) is 3.33. The minimum atomic E-state index is -0.328. The molecule has 0 saturated carbocycles. The van der Waals surface area contributed by atoms with Gasteiger partial charge in [0.05, 0.1) is 0 Å². The highest BCUT2D eigenvalue weighted by Crippen LogP contribution is 2.11. The van der Waals surface area contributed by atoms with Crippen LogP contribution in [0.2, 0.25) is 0 Å². The topological polar surface area (TPSA) is 42.4 Å². The van der Waals surface area contributed by atoms with Gasteiger partial charge in [0, 0.05) is 25.5 Å².